The molecule has 0 aliphatic heterocycles. The first-order valence-electron chi connectivity index (χ1n) is 9.04. The summed E-state index contributed by atoms with van der Waals surface area (Å²) < 4.78 is 54.4. The van der Waals surface area contributed by atoms with Crippen molar-refractivity contribution in [2.45, 2.75) is 20.0 Å². The fourth-order valence-corrected chi connectivity index (χ4v) is 2.55. The lowest BCUT2D eigenvalue weighted by molar-refractivity contribution is -0.137. The van der Waals surface area contributed by atoms with Gasteiger partial charge in [-0.3, -0.25) is 10.1 Å². The molecule has 0 spiro atoms. The van der Waals surface area contributed by atoms with Crippen LogP contribution in [0.5, 0.6) is 11.5 Å². The Hall–Kier alpha value is -3.56. The molecule has 0 saturated heterocycles. The number of anilines is 1. The fourth-order valence-electron chi connectivity index (χ4n) is 2.55. The molecule has 2 aromatic carbocycles. The van der Waals surface area contributed by atoms with Gasteiger partial charge in [-0.1, -0.05) is 5.10 Å². The van der Waals surface area contributed by atoms with Crippen LogP contribution in [0, 0.1) is 0 Å². The molecule has 1 heterocycles. The van der Waals surface area contributed by atoms with Gasteiger partial charge < -0.3 is 13.9 Å². The van der Waals surface area contributed by atoms with Crippen molar-refractivity contribution in [2.24, 2.45) is 0 Å². The normalized spacial score (nSPS) is 11.2. The van der Waals surface area contributed by atoms with Gasteiger partial charge in [0.25, 0.3) is 5.91 Å². The molecule has 3 rings (SSSR count). The Labute approximate surface area is 169 Å². The van der Waals surface area contributed by atoms with Crippen molar-refractivity contribution in [3.63, 3.8) is 0 Å². The van der Waals surface area contributed by atoms with Crippen molar-refractivity contribution in [1.82, 2.24) is 10.2 Å². The predicted molar refractivity (Wildman–Crippen MR) is 101 cm³/mol. The van der Waals surface area contributed by atoms with E-state index in [1.807, 2.05) is 13.8 Å². The number of ether oxygens (including phenoxy) is 2. The number of hydrogen-bond donors (Lipinski definition) is 1. The van der Waals surface area contributed by atoms with Gasteiger partial charge in [-0.15, -0.1) is 5.10 Å². The quantitative estimate of drug-likeness (QED) is 0.590. The third-order valence-corrected chi connectivity index (χ3v) is 3.91. The Balaban J connectivity index is 1.75. The first-order chi connectivity index (χ1) is 14.3. The van der Waals surface area contributed by atoms with Crippen molar-refractivity contribution in [3.05, 3.63) is 53.6 Å². The summed E-state index contributed by atoms with van der Waals surface area (Å²) in [5.41, 5.74) is -0.286. The molecule has 1 amide bonds. The number of benzene rings is 2. The number of halogens is 3. The second-order valence-corrected chi connectivity index (χ2v) is 5.97. The van der Waals surface area contributed by atoms with Crippen molar-refractivity contribution >= 4 is 11.9 Å². The number of carbonyl (C=O) groups excluding carboxylic acids is 1. The van der Waals surface area contributed by atoms with Crippen LogP contribution < -0.4 is 14.8 Å². The first-order valence-corrected chi connectivity index (χ1v) is 9.04. The lowest BCUT2D eigenvalue weighted by Gasteiger charge is -2.11. The molecule has 0 radical (unpaired) electrons. The molecule has 0 fully saturated rings. The molecule has 0 aliphatic carbocycles. The number of amides is 1. The molecule has 3 aromatic rings. The van der Waals surface area contributed by atoms with Crippen LogP contribution in [0.25, 0.3) is 11.5 Å². The highest BCUT2D eigenvalue weighted by Gasteiger charge is 2.30. The summed E-state index contributed by atoms with van der Waals surface area (Å²) in [6.45, 7) is 4.60. The highest BCUT2D eigenvalue weighted by atomic mass is 19.4. The van der Waals surface area contributed by atoms with Gasteiger partial charge in [0.15, 0.2) is 11.5 Å². The minimum Gasteiger partial charge on any atom is -0.490 e. The van der Waals surface area contributed by atoms with Crippen LogP contribution >= 0.6 is 0 Å². The van der Waals surface area contributed by atoms with E-state index < -0.39 is 17.6 Å². The van der Waals surface area contributed by atoms with Crippen molar-refractivity contribution < 1.29 is 31.9 Å². The number of nitrogens with one attached hydrogen (secondary N) is 1. The summed E-state index contributed by atoms with van der Waals surface area (Å²) in [6, 6.07) is 8.65. The van der Waals surface area contributed by atoms with Gasteiger partial charge in [-0.2, -0.15) is 13.2 Å². The topological polar surface area (TPSA) is 86.5 Å². The largest absolute Gasteiger partial charge is 0.490 e. The maximum Gasteiger partial charge on any atom is 0.416 e. The predicted octanol–water partition coefficient (Wildman–Crippen LogP) is 4.81. The molecule has 1 aromatic heterocycles. The van der Waals surface area contributed by atoms with Crippen molar-refractivity contribution in [2.75, 3.05) is 18.5 Å². The van der Waals surface area contributed by atoms with Crippen LogP contribution in [-0.2, 0) is 6.18 Å². The molecule has 0 unspecified atom stereocenters. The fraction of sp³-hybridized carbons (Fsp3) is 0.250. The van der Waals surface area contributed by atoms with Crippen molar-refractivity contribution in [3.8, 4) is 23.0 Å². The summed E-state index contributed by atoms with van der Waals surface area (Å²) in [7, 11) is 0. The molecule has 158 valence electrons. The van der Waals surface area contributed by atoms with Crippen LogP contribution in [-0.4, -0.2) is 29.3 Å². The molecule has 10 heteroatoms. The van der Waals surface area contributed by atoms with E-state index in [9.17, 15) is 18.0 Å². The second-order valence-electron chi connectivity index (χ2n) is 5.97. The lowest BCUT2D eigenvalue weighted by Crippen LogP contribution is -2.13. The third kappa shape index (κ3) is 4.88. The minimum absolute atomic E-state index is 0.0162. The Bertz CT molecular complexity index is 1020. The molecule has 0 bridgehead atoms. The number of hydrogen-bond acceptors (Lipinski definition) is 6. The molecule has 30 heavy (non-hydrogen) atoms. The van der Waals surface area contributed by atoms with E-state index in [2.05, 4.69) is 15.5 Å². The van der Waals surface area contributed by atoms with E-state index in [1.165, 1.54) is 0 Å². The maximum absolute atomic E-state index is 12.6. The number of carbonyl (C=O) groups is 1. The van der Waals surface area contributed by atoms with Gasteiger partial charge in [-0.25, -0.2) is 0 Å². The highest BCUT2D eigenvalue weighted by molar-refractivity contribution is 6.03. The SMILES string of the molecule is CCOc1ccc(-c2nnc(NC(=O)c3ccc(C(F)(F)F)cc3)o2)cc1OCC. The lowest BCUT2D eigenvalue weighted by atomic mass is 10.1. The zero-order valence-electron chi connectivity index (χ0n) is 16.1. The van der Waals surface area contributed by atoms with Crippen LogP contribution in [0.4, 0.5) is 19.2 Å². The van der Waals surface area contributed by atoms with Gasteiger partial charge in [0.05, 0.1) is 18.8 Å². The maximum atomic E-state index is 12.6. The zero-order valence-corrected chi connectivity index (χ0v) is 16.1. The Morgan fingerprint density at radius 1 is 1.00 bits per heavy atom. The number of nitrogens with zero attached hydrogens (tertiary/aromatic N) is 2. The third-order valence-electron chi connectivity index (χ3n) is 3.91. The van der Waals surface area contributed by atoms with Crippen LogP contribution in [0.2, 0.25) is 0 Å². The molecule has 0 atom stereocenters. The summed E-state index contributed by atoms with van der Waals surface area (Å²) in [5.74, 6) is 0.520. The van der Waals surface area contributed by atoms with Gasteiger partial charge >= 0.3 is 12.2 Å². The number of rotatable bonds is 7. The van der Waals surface area contributed by atoms with Crippen LogP contribution in [0.1, 0.15) is 29.8 Å². The molecule has 7 nitrogen and oxygen atoms in total. The van der Waals surface area contributed by atoms with Gasteiger partial charge in [0.2, 0.25) is 5.89 Å². The van der Waals surface area contributed by atoms with E-state index in [0.717, 1.165) is 24.3 Å². The van der Waals surface area contributed by atoms with Crippen LogP contribution in [0.3, 0.4) is 0 Å². The summed E-state index contributed by atoms with van der Waals surface area (Å²) in [5, 5.41) is 9.99. The molecule has 1 N–H and O–H groups in total. The second kappa shape index (κ2) is 8.85. The molecule has 0 saturated carbocycles. The molecular weight excluding hydrogens is 403 g/mol. The number of alkyl halides is 3. The van der Waals surface area contributed by atoms with Gasteiger partial charge in [0.1, 0.15) is 0 Å². The number of aromatic nitrogens is 2. The smallest absolute Gasteiger partial charge is 0.416 e. The van der Waals surface area contributed by atoms with E-state index in [1.54, 1.807) is 18.2 Å². The monoisotopic (exact) mass is 421 g/mol. The highest BCUT2D eigenvalue weighted by Crippen LogP contribution is 2.33. The average Bonchev–Trinajstić information content (AvgIpc) is 3.17. The minimum atomic E-state index is -4.48. The zero-order chi connectivity index (χ0) is 21.7. The first kappa shape index (κ1) is 21.2. The van der Waals surface area contributed by atoms with Gasteiger partial charge in [0, 0.05) is 11.1 Å². The van der Waals surface area contributed by atoms with E-state index in [4.69, 9.17) is 13.9 Å². The Morgan fingerprint density at radius 3 is 2.30 bits per heavy atom. The van der Waals surface area contributed by atoms with Crippen LogP contribution in [0.15, 0.2) is 46.9 Å². The standard InChI is InChI=1S/C20H18F3N3O4/c1-3-28-15-10-7-13(11-16(15)29-4-2)18-25-26-19(30-18)24-17(27)12-5-8-14(9-6-12)20(21,22)23/h5-11H,3-4H2,1-2H3,(H,24,26,27). The summed E-state index contributed by atoms with van der Waals surface area (Å²) in [6.07, 6.45) is -4.48. The van der Waals surface area contributed by atoms with E-state index in [-0.39, 0.29) is 17.5 Å². The Kier molecular flexibility index (Phi) is 6.24. The van der Waals surface area contributed by atoms with E-state index in [0.29, 0.717) is 30.3 Å². The van der Waals surface area contributed by atoms with Gasteiger partial charge in [-0.05, 0) is 56.3 Å². The van der Waals surface area contributed by atoms with E-state index >= 15 is 0 Å². The molecule has 0 aliphatic rings. The summed E-state index contributed by atoms with van der Waals surface area (Å²) >= 11 is 0. The molecular formula is C20H18F3N3O4. The summed E-state index contributed by atoms with van der Waals surface area (Å²) in [4.78, 5) is 12.2. The van der Waals surface area contributed by atoms with Crippen molar-refractivity contribution in [1.29, 1.82) is 0 Å². The average molecular weight is 421 g/mol. The Morgan fingerprint density at radius 2 is 1.67 bits per heavy atom.